The van der Waals surface area contributed by atoms with Crippen molar-refractivity contribution in [2.24, 2.45) is 77.8 Å². The van der Waals surface area contributed by atoms with E-state index in [0.717, 1.165) is 25.7 Å². The van der Waals surface area contributed by atoms with Gasteiger partial charge in [-0.15, -0.1) is 0 Å². The number of ether oxygens (including phenoxy) is 6. The highest BCUT2D eigenvalue weighted by atomic mass is 16.7. The quantitative estimate of drug-likeness (QED) is 0.0657. The zero-order valence-electron chi connectivity index (χ0n) is 40.8. The van der Waals surface area contributed by atoms with Crippen molar-refractivity contribution in [2.45, 2.75) is 225 Å². The third kappa shape index (κ3) is 10.3. The van der Waals surface area contributed by atoms with Crippen LogP contribution in [-0.4, -0.2) is 92.9 Å². The van der Waals surface area contributed by atoms with Gasteiger partial charge in [-0.05, 0) is 112 Å². The van der Waals surface area contributed by atoms with E-state index in [0.29, 0.717) is 68.6 Å². The van der Waals surface area contributed by atoms with Crippen LogP contribution in [0, 0.1) is 65.0 Å². The molecular weight excluding hydrogens is 853 g/mol. The average Bonchev–Trinajstić information content (AvgIpc) is 3.58. The van der Waals surface area contributed by atoms with Gasteiger partial charge in [-0.1, -0.05) is 73.9 Å². The molecule has 0 aromatic rings. The van der Waals surface area contributed by atoms with Crippen LogP contribution in [0.1, 0.15) is 152 Å². The Morgan fingerprint density at radius 2 is 1.45 bits per heavy atom. The number of hydrogen-bond acceptors (Lipinski definition) is 18. The average molecular weight is 933 g/mol. The van der Waals surface area contributed by atoms with Gasteiger partial charge in [0, 0.05) is 43.9 Å². The molecule has 3 heterocycles. The van der Waals surface area contributed by atoms with Crippen molar-refractivity contribution in [3.8, 4) is 0 Å². The summed E-state index contributed by atoms with van der Waals surface area (Å²) in [5.41, 5.74) is 0.716. The van der Waals surface area contributed by atoms with Gasteiger partial charge >= 0.3 is 0 Å². The molecule has 0 spiro atoms. The maximum Gasteiger partial charge on any atom is 0.161 e. The molecule has 374 valence electrons. The largest absolute Gasteiger partial charge is 0.350 e. The normalized spacial score (nSPS) is 43.3. The van der Waals surface area contributed by atoms with Crippen LogP contribution in [0.3, 0.4) is 0 Å². The van der Waals surface area contributed by atoms with E-state index in [4.69, 9.17) is 49.9 Å². The fourth-order valence-electron chi connectivity index (χ4n) is 14.6. The highest BCUT2D eigenvalue weighted by Crippen LogP contribution is 2.75. The highest BCUT2D eigenvalue weighted by Gasteiger charge is 2.67. The molecule has 7 rings (SSSR count). The minimum atomic E-state index is -1.02. The lowest BCUT2D eigenvalue weighted by atomic mass is 9.39. The SMILES string of the molecule is CC(CCC(O[C@H]1C[C@@H](ON)C[C@@H](CO[C@H]2C[C@@H](N=O)C[C@@H](CON)O2)O1)C(C)(C)N=O)C1CCC2(C)C3CC=C4C(CC[C@H](O[C@H]5C[C@@H](N=O)C[C@@H](CN=O)O5)C4(C)C)C3(C)CCC12C. The van der Waals surface area contributed by atoms with Crippen molar-refractivity contribution in [2.75, 3.05) is 19.8 Å². The van der Waals surface area contributed by atoms with Gasteiger partial charge in [0.1, 0.15) is 12.1 Å². The lowest BCUT2D eigenvalue weighted by molar-refractivity contribution is -0.271. The van der Waals surface area contributed by atoms with Gasteiger partial charge in [-0.3, -0.25) is 0 Å². The molecule has 3 aliphatic heterocycles. The summed E-state index contributed by atoms with van der Waals surface area (Å²) in [6.07, 6.45) is 9.89. The van der Waals surface area contributed by atoms with Crippen molar-refractivity contribution in [1.82, 2.24) is 0 Å². The summed E-state index contributed by atoms with van der Waals surface area (Å²) in [5.74, 6) is 12.9. The topological polar surface area (TPSA) is 244 Å². The lowest BCUT2D eigenvalue weighted by Crippen LogP contribution is -2.59. The molecule has 0 radical (unpaired) electrons. The molecule has 6 fully saturated rings. The fraction of sp³-hybridized carbons (Fsp3) is 0.958. The van der Waals surface area contributed by atoms with E-state index in [1.807, 2.05) is 13.8 Å². The molecule has 3 saturated heterocycles. The zero-order chi connectivity index (χ0) is 47.7. The highest BCUT2D eigenvalue weighted by molar-refractivity contribution is 5.30. The Hall–Kier alpha value is -2.26. The molecule has 4 N–H and O–H groups in total. The number of hydrogen-bond donors (Lipinski definition) is 2. The third-order valence-electron chi connectivity index (χ3n) is 18.6. The maximum atomic E-state index is 12.4. The first kappa shape index (κ1) is 51.6. The summed E-state index contributed by atoms with van der Waals surface area (Å²) in [5, 5.41) is 13.1. The van der Waals surface area contributed by atoms with E-state index in [-0.39, 0.29) is 53.6 Å². The monoisotopic (exact) mass is 933 g/mol. The summed E-state index contributed by atoms with van der Waals surface area (Å²) >= 11 is 0. The van der Waals surface area contributed by atoms with Gasteiger partial charge in [0.15, 0.2) is 18.9 Å². The predicted molar refractivity (Wildman–Crippen MR) is 246 cm³/mol. The Labute approximate surface area is 390 Å². The summed E-state index contributed by atoms with van der Waals surface area (Å²) < 4.78 is 38.0. The van der Waals surface area contributed by atoms with Crippen molar-refractivity contribution in [3.63, 3.8) is 0 Å². The minimum Gasteiger partial charge on any atom is -0.350 e. The van der Waals surface area contributed by atoms with Gasteiger partial charge in [0.25, 0.3) is 0 Å². The Morgan fingerprint density at radius 1 is 0.773 bits per heavy atom. The summed E-state index contributed by atoms with van der Waals surface area (Å²) in [7, 11) is 0. The Kier molecular flexibility index (Phi) is 16.4. The van der Waals surface area contributed by atoms with Crippen molar-refractivity contribution in [1.29, 1.82) is 0 Å². The molecule has 18 nitrogen and oxygen atoms in total. The van der Waals surface area contributed by atoms with Gasteiger partial charge in [0.05, 0.1) is 61.9 Å². The van der Waals surface area contributed by atoms with Crippen LogP contribution in [-0.2, 0) is 38.1 Å². The number of nitroso groups, excluding NO2 is 4. The molecule has 66 heavy (non-hydrogen) atoms. The number of allylic oxidation sites excluding steroid dienone is 1. The van der Waals surface area contributed by atoms with Crippen molar-refractivity contribution >= 4 is 0 Å². The van der Waals surface area contributed by atoms with Crippen LogP contribution in [0.15, 0.2) is 32.4 Å². The van der Waals surface area contributed by atoms with Crippen LogP contribution in [0.4, 0.5) is 0 Å². The summed E-state index contributed by atoms with van der Waals surface area (Å²) in [6, 6.07) is -0.921. The molecule has 18 atom stereocenters. The maximum absolute atomic E-state index is 12.4. The van der Waals surface area contributed by atoms with E-state index in [1.165, 1.54) is 31.3 Å². The van der Waals surface area contributed by atoms with Gasteiger partial charge in [-0.2, -0.15) is 19.6 Å². The fourth-order valence-corrected chi connectivity index (χ4v) is 14.6. The van der Waals surface area contributed by atoms with E-state index >= 15 is 0 Å². The Balaban J connectivity index is 0.986. The first-order valence-electron chi connectivity index (χ1n) is 24.9. The number of nitrogens with zero attached hydrogens (tertiary/aromatic N) is 4. The van der Waals surface area contributed by atoms with Crippen LogP contribution >= 0.6 is 0 Å². The molecule has 0 aromatic heterocycles. The molecule has 0 aromatic carbocycles. The van der Waals surface area contributed by atoms with Crippen molar-refractivity contribution < 1.29 is 38.1 Å². The molecule has 0 amide bonds. The van der Waals surface area contributed by atoms with Gasteiger partial charge in [-0.25, -0.2) is 11.8 Å². The van der Waals surface area contributed by atoms with E-state index in [9.17, 15) is 19.6 Å². The van der Waals surface area contributed by atoms with Crippen LogP contribution in [0.2, 0.25) is 0 Å². The van der Waals surface area contributed by atoms with Crippen LogP contribution < -0.4 is 11.8 Å². The number of rotatable bonds is 20. The Bertz CT molecular complexity index is 1720. The Morgan fingerprint density at radius 3 is 2.14 bits per heavy atom. The smallest absolute Gasteiger partial charge is 0.161 e. The van der Waals surface area contributed by atoms with Gasteiger partial charge < -0.3 is 38.1 Å². The second-order valence-corrected chi connectivity index (χ2v) is 23.1. The molecular formula is C48H80N6O12. The standard InChI is InChI=1S/C48H80N6O12/c1-28(9-13-40(45(4,5)54-58)65-43-24-31(66-50)23-34(63-43)26-59-41-21-30(53-57)20-33(62-41)27-60-49)35-15-16-48(8)38-12-10-36-37(46(38,6)17-18-47(35,48)7)11-14-39(44(36,2)3)64-42-22-29(52-56)19-32(61-42)25-51-55/h10,28-35,37-43H,9,11-27,49-50H2,1-8H3/t28?,29-,30-,31-,32-,33-,34-,35?,37?,38?,39-,40?,41+,42-,43-,46?,47?,48?/m0/s1. The molecule has 3 saturated carbocycles. The molecule has 8 unspecified atom stereocenters. The zero-order valence-corrected chi connectivity index (χ0v) is 40.8. The minimum absolute atomic E-state index is 0.00806. The number of fused-ring (bicyclic) bond motifs is 5. The van der Waals surface area contributed by atoms with Crippen LogP contribution in [0.25, 0.3) is 0 Å². The molecule has 7 aliphatic rings. The second kappa shape index (κ2) is 21.0. The van der Waals surface area contributed by atoms with Gasteiger partial charge in [0.2, 0.25) is 0 Å². The van der Waals surface area contributed by atoms with Crippen LogP contribution in [0.5, 0.6) is 0 Å². The summed E-state index contributed by atoms with van der Waals surface area (Å²) in [6.45, 7) is 18.7. The van der Waals surface area contributed by atoms with E-state index in [2.05, 4.69) is 68.3 Å². The number of nitrogens with two attached hydrogens (primary N) is 2. The molecule has 18 heteroatoms. The first-order valence-corrected chi connectivity index (χ1v) is 24.9. The third-order valence-corrected chi connectivity index (χ3v) is 18.6. The molecule has 0 bridgehead atoms. The van der Waals surface area contributed by atoms with Crippen molar-refractivity contribution in [3.05, 3.63) is 31.3 Å². The predicted octanol–water partition coefficient (Wildman–Crippen LogP) is 9.04. The van der Waals surface area contributed by atoms with E-state index < -0.39 is 60.9 Å². The first-order chi connectivity index (χ1) is 31.4. The summed E-state index contributed by atoms with van der Waals surface area (Å²) in [4.78, 5) is 56.5. The second-order valence-electron chi connectivity index (χ2n) is 23.1. The molecule has 4 aliphatic carbocycles. The van der Waals surface area contributed by atoms with E-state index in [1.54, 1.807) is 0 Å². The lowest BCUT2D eigenvalue weighted by Gasteiger charge is -2.66.